The summed E-state index contributed by atoms with van der Waals surface area (Å²) in [7, 11) is 0. The lowest BCUT2D eigenvalue weighted by Gasteiger charge is -2.37. The van der Waals surface area contributed by atoms with Crippen molar-refractivity contribution in [1.29, 1.82) is 0 Å². The predicted octanol–water partition coefficient (Wildman–Crippen LogP) is 13.7. The Labute approximate surface area is 326 Å². The number of nitrogens with zero attached hydrogens (tertiary/aromatic N) is 2. The Morgan fingerprint density at radius 1 is 0.411 bits per heavy atom. The fourth-order valence-corrected chi connectivity index (χ4v) is 9.41. The van der Waals surface area contributed by atoms with E-state index in [0.717, 1.165) is 28.1 Å². The predicted molar refractivity (Wildman–Crippen MR) is 235 cm³/mol. The van der Waals surface area contributed by atoms with Crippen molar-refractivity contribution in [3.63, 3.8) is 0 Å². The van der Waals surface area contributed by atoms with Gasteiger partial charge in [-0.2, -0.15) is 0 Å². The van der Waals surface area contributed by atoms with E-state index in [1.165, 1.54) is 76.5 Å². The largest absolute Gasteiger partial charge is 0.292 e. The van der Waals surface area contributed by atoms with Crippen LogP contribution in [0.1, 0.15) is 33.4 Å². The first-order valence-electron chi connectivity index (χ1n) is 19.5. The monoisotopic (exact) mass is 714 g/mol. The molecule has 2 heteroatoms. The molecule has 11 rings (SSSR count). The van der Waals surface area contributed by atoms with Crippen LogP contribution in [0, 0.1) is 13.8 Å². The van der Waals surface area contributed by atoms with Gasteiger partial charge in [0.25, 0.3) is 0 Å². The number of aryl methyl sites for hydroxylation is 2. The normalized spacial score (nSPS) is 12.1. The molecule has 0 amide bonds. The molecule has 0 radical (unpaired) electrons. The Hall–Kier alpha value is -7.03. The Bertz CT molecular complexity index is 3180. The molecule has 1 heterocycles. The molecule has 0 saturated heterocycles. The van der Waals surface area contributed by atoms with Crippen molar-refractivity contribution in [2.24, 2.45) is 0 Å². The SMILES string of the molecule is Cc1ccc(C(c2ccc(C)cc2)(c2ccc(-c3nc4ccccc4n3-c3ccccc3)cc2)c2cc3cccc4c5cccc6cccc(c(c2)c34)c65)cc1. The van der Waals surface area contributed by atoms with Crippen LogP contribution in [0.25, 0.3) is 71.2 Å². The Morgan fingerprint density at radius 2 is 0.929 bits per heavy atom. The molecule has 264 valence electrons. The van der Waals surface area contributed by atoms with Gasteiger partial charge in [0.05, 0.1) is 16.4 Å². The Balaban J connectivity index is 1.22. The minimum Gasteiger partial charge on any atom is -0.292 e. The molecule has 0 atom stereocenters. The average molecular weight is 715 g/mol. The first-order valence-corrected chi connectivity index (χ1v) is 19.5. The smallest absolute Gasteiger partial charge is 0.145 e. The maximum Gasteiger partial charge on any atom is 0.145 e. The fraction of sp³-hybridized carbons (Fsp3) is 0.0556. The number of rotatable bonds is 6. The summed E-state index contributed by atoms with van der Waals surface area (Å²) in [5, 5.41) is 10.4. The summed E-state index contributed by atoms with van der Waals surface area (Å²) in [6, 6.07) is 71.8. The van der Waals surface area contributed by atoms with Gasteiger partial charge < -0.3 is 0 Å². The number of fused-ring (bicyclic) bond motifs is 3. The number of aromatic nitrogens is 2. The molecular formula is C54H38N2. The molecule has 0 fully saturated rings. The summed E-state index contributed by atoms with van der Waals surface area (Å²) in [4.78, 5) is 5.22. The minimum atomic E-state index is -0.634. The number of hydrogen-bond donors (Lipinski definition) is 0. The van der Waals surface area contributed by atoms with Crippen molar-refractivity contribution in [2.75, 3.05) is 0 Å². The summed E-state index contributed by atoms with van der Waals surface area (Å²) >= 11 is 0. The molecule has 0 bridgehead atoms. The van der Waals surface area contributed by atoms with Crippen LogP contribution in [0.3, 0.4) is 0 Å². The van der Waals surface area contributed by atoms with Crippen LogP contribution in [0.2, 0.25) is 0 Å². The van der Waals surface area contributed by atoms with Crippen LogP contribution in [-0.2, 0) is 5.41 Å². The molecule has 0 spiro atoms. The lowest BCUT2D eigenvalue weighted by molar-refractivity contribution is 0.746. The zero-order valence-corrected chi connectivity index (χ0v) is 31.4. The van der Waals surface area contributed by atoms with E-state index in [1.54, 1.807) is 0 Å². The van der Waals surface area contributed by atoms with E-state index in [4.69, 9.17) is 4.98 Å². The molecule has 0 saturated carbocycles. The summed E-state index contributed by atoms with van der Waals surface area (Å²) in [6.45, 7) is 4.34. The van der Waals surface area contributed by atoms with E-state index in [9.17, 15) is 0 Å². The molecule has 1 aromatic heterocycles. The second-order valence-corrected chi connectivity index (χ2v) is 15.3. The van der Waals surface area contributed by atoms with Gasteiger partial charge in [0.15, 0.2) is 0 Å². The van der Waals surface area contributed by atoms with Gasteiger partial charge in [0.2, 0.25) is 0 Å². The van der Waals surface area contributed by atoms with Gasteiger partial charge in [-0.3, -0.25) is 4.57 Å². The lowest BCUT2D eigenvalue weighted by Crippen LogP contribution is -2.31. The van der Waals surface area contributed by atoms with Crippen molar-refractivity contribution in [1.82, 2.24) is 9.55 Å². The second-order valence-electron chi connectivity index (χ2n) is 15.3. The van der Waals surface area contributed by atoms with Crippen LogP contribution >= 0.6 is 0 Å². The Morgan fingerprint density at radius 3 is 1.55 bits per heavy atom. The fourth-order valence-electron chi connectivity index (χ4n) is 9.41. The average Bonchev–Trinajstić information content (AvgIpc) is 3.64. The highest BCUT2D eigenvalue weighted by Crippen LogP contribution is 2.49. The third-order valence-corrected chi connectivity index (χ3v) is 12.0. The second kappa shape index (κ2) is 12.5. The first kappa shape index (κ1) is 32.4. The van der Waals surface area contributed by atoms with Crippen LogP contribution < -0.4 is 0 Å². The van der Waals surface area contributed by atoms with Crippen LogP contribution in [0.5, 0.6) is 0 Å². The van der Waals surface area contributed by atoms with E-state index in [0.29, 0.717) is 0 Å². The maximum atomic E-state index is 5.22. The van der Waals surface area contributed by atoms with E-state index < -0.39 is 5.41 Å². The molecule has 2 nitrogen and oxygen atoms in total. The lowest BCUT2D eigenvalue weighted by atomic mass is 9.64. The molecule has 0 aliphatic heterocycles. The van der Waals surface area contributed by atoms with Crippen molar-refractivity contribution in [2.45, 2.75) is 19.3 Å². The third-order valence-electron chi connectivity index (χ3n) is 12.0. The van der Waals surface area contributed by atoms with Gasteiger partial charge in [0, 0.05) is 11.3 Å². The Kier molecular flexibility index (Phi) is 7.24. The summed E-state index contributed by atoms with van der Waals surface area (Å²) in [5.41, 5.74) is 11.0. The quantitative estimate of drug-likeness (QED) is 0.0952. The molecule has 0 unspecified atom stereocenters. The minimum absolute atomic E-state index is 0.634. The first-order chi connectivity index (χ1) is 27.6. The van der Waals surface area contributed by atoms with Gasteiger partial charge in [-0.25, -0.2) is 4.98 Å². The number of hydrogen-bond acceptors (Lipinski definition) is 1. The number of benzene rings is 10. The van der Waals surface area contributed by atoms with Crippen LogP contribution in [0.15, 0.2) is 194 Å². The standard InChI is InChI=1S/C54H38N2/c1-35-21-27-40(28-22-35)54(41-29-23-36(2)24-30-41,42-31-25-38(26-32-42)53-55-49-19-6-7-20-50(49)56(53)44-14-4-3-5-15-44)43-33-39-13-10-17-46-45-16-8-11-37-12-9-18-47(51(37)45)48(34-43)52(39)46/h3-34H,1-2H3. The van der Waals surface area contributed by atoms with Crippen molar-refractivity contribution < 1.29 is 0 Å². The number of imidazole rings is 1. The highest BCUT2D eigenvalue weighted by Gasteiger charge is 2.39. The maximum absolute atomic E-state index is 5.22. The van der Waals surface area contributed by atoms with E-state index in [-0.39, 0.29) is 0 Å². The molecule has 11 aromatic rings. The number of para-hydroxylation sites is 3. The highest BCUT2D eigenvalue weighted by atomic mass is 15.1. The molecule has 0 N–H and O–H groups in total. The topological polar surface area (TPSA) is 17.8 Å². The molecule has 10 aromatic carbocycles. The zero-order valence-electron chi connectivity index (χ0n) is 31.4. The summed E-state index contributed by atoms with van der Waals surface area (Å²) < 4.78 is 2.28. The van der Waals surface area contributed by atoms with Crippen molar-refractivity contribution in [3.05, 3.63) is 228 Å². The van der Waals surface area contributed by atoms with Crippen LogP contribution in [0.4, 0.5) is 0 Å². The highest BCUT2D eigenvalue weighted by molar-refractivity contribution is 6.33. The molecule has 0 aliphatic carbocycles. The summed E-state index contributed by atoms with van der Waals surface area (Å²) in [6.07, 6.45) is 0. The van der Waals surface area contributed by atoms with E-state index >= 15 is 0 Å². The van der Waals surface area contributed by atoms with Gasteiger partial charge in [-0.1, -0.05) is 169 Å². The van der Waals surface area contributed by atoms with E-state index in [2.05, 4.69) is 213 Å². The molecule has 0 aliphatic rings. The van der Waals surface area contributed by atoms with Gasteiger partial charge in [-0.05, 0) is 116 Å². The van der Waals surface area contributed by atoms with Crippen molar-refractivity contribution in [3.8, 4) is 17.1 Å². The van der Waals surface area contributed by atoms with Gasteiger partial charge in [0.1, 0.15) is 5.82 Å². The van der Waals surface area contributed by atoms with Gasteiger partial charge >= 0.3 is 0 Å². The molecular weight excluding hydrogens is 677 g/mol. The molecule has 56 heavy (non-hydrogen) atoms. The van der Waals surface area contributed by atoms with Crippen molar-refractivity contribution >= 4 is 54.1 Å². The third kappa shape index (κ3) is 4.79. The summed E-state index contributed by atoms with van der Waals surface area (Å²) in [5.74, 6) is 0.926. The van der Waals surface area contributed by atoms with Crippen LogP contribution in [-0.4, -0.2) is 9.55 Å². The van der Waals surface area contributed by atoms with Gasteiger partial charge in [-0.15, -0.1) is 0 Å². The zero-order chi connectivity index (χ0) is 37.4. The van der Waals surface area contributed by atoms with E-state index in [1.807, 2.05) is 0 Å².